The highest BCUT2D eigenvalue weighted by Crippen LogP contribution is 2.39. The van der Waals surface area contributed by atoms with Gasteiger partial charge in [-0.2, -0.15) is 0 Å². The van der Waals surface area contributed by atoms with Gasteiger partial charge in [-0.05, 0) is 69.1 Å². The third kappa shape index (κ3) is 11.6. The number of aliphatic hydroxyl groups is 1. The Morgan fingerprint density at radius 1 is 0.780 bits per heavy atom. The number of hydrogen-bond donors (Lipinski definition) is 1. The monoisotopic (exact) mass is 730 g/mol. The first-order valence-corrected chi connectivity index (χ1v) is 21.2. The van der Waals surface area contributed by atoms with Crippen molar-refractivity contribution < 1.29 is 38.1 Å². The third-order valence-corrected chi connectivity index (χ3v) is 15.0. The van der Waals surface area contributed by atoms with Crippen LogP contribution in [0.25, 0.3) is 0 Å². The number of aliphatic hydroxyl groups excluding tert-OH is 1. The lowest BCUT2D eigenvalue weighted by Gasteiger charge is -2.47. The van der Waals surface area contributed by atoms with Crippen LogP contribution in [0.4, 0.5) is 4.79 Å². The molecule has 0 amide bonds. The number of carbonyl (C=O) groups excluding carboxylic acids is 2. The molecule has 0 bridgehead atoms. The van der Waals surface area contributed by atoms with E-state index in [-0.39, 0.29) is 11.6 Å². The first kappa shape index (κ1) is 42.0. The first-order valence-electron chi connectivity index (χ1n) is 18.2. The molecule has 8 nitrogen and oxygen atoms in total. The van der Waals surface area contributed by atoms with Gasteiger partial charge in [-0.25, -0.2) is 4.79 Å². The molecule has 0 spiro atoms. The summed E-state index contributed by atoms with van der Waals surface area (Å²) in [6, 6.07) is 20.5. The van der Waals surface area contributed by atoms with E-state index in [1.807, 2.05) is 36.4 Å². The lowest BCUT2D eigenvalue weighted by Crippen LogP contribution is -2.68. The Morgan fingerprint density at radius 3 is 1.82 bits per heavy atom. The van der Waals surface area contributed by atoms with Crippen molar-refractivity contribution in [2.75, 3.05) is 12.4 Å². The topological polar surface area (TPSA) is 101 Å². The molecule has 1 saturated heterocycles. The Hall–Kier alpha value is -2.37. The van der Waals surface area contributed by atoms with Crippen LogP contribution in [-0.4, -0.2) is 73.4 Å². The van der Waals surface area contributed by atoms with Crippen LogP contribution in [-0.2, 0) is 28.2 Å². The van der Waals surface area contributed by atoms with Gasteiger partial charge in [0.25, 0.3) is 8.32 Å². The van der Waals surface area contributed by atoms with Crippen molar-refractivity contribution in [2.45, 2.75) is 148 Å². The van der Waals surface area contributed by atoms with Gasteiger partial charge in [0, 0.05) is 0 Å². The van der Waals surface area contributed by atoms with E-state index in [4.69, 9.17) is 23.4 Å². The zero-order valence-corrected chi connectivity index (χ0v) is 33.8. The second kappa shape index (κ2) is 18.4. The molecule has 5 atom stereocenters. The summed E-state index contributed by atoms with van der Waals surface area (Å²) < 4.78 is 31.3. The molecule has 0 aliphatic carbocycles. The summed E-state index contributed by atoms with van der Waals surface area (Å²) in [5.74, 6) is 0.238. The number of ether oxygens (including phenoxy) is 4. The van der Waals surface area contributed by atoms with Gasteiger partial charge in [0.15, 0.2) is 12.2 Å². The molecule has 1 aliphatic rings. The minimum atomic E-state index is -3.02. The molecule has 1 aliphatic heterocycles. The molecule has 1 N–H and O–H groups in total. The highest BCUT2D eigenvalue weighted by molar-refractivity contribution is 7.99. The number of unbranched alkanes of at least 4 members (excludes halogenated alkanes) is 5. The molecule has 10 heteroatoms. The Balaban J connectivity index is 2.02. The number of esters is 1. The van der Waals surface area contributed by atoms with E-state index in [2.05, 4.69) is 52.0 Å². The van der Waals surface area contributed by atoms with Crippen LogP contribution >= 0.6 is 11.8 Å². The molecule has 1 fully saturated rings. The standard InChI is InChI=1S/C40H62O8SSi/c1-11-12-13-14-15-22-27-49-35-34(47-37(43)48-39(5,6)7)32(41)33(46-36(42)38(2,3)4)31(45-35)28-44-50(40(8,9)10,29-23-18-16-19-24-29)30-25-20-17-21-26-30/h16-21,23-26,31-35,41H,11-15,22,27-28H2,1-10H3/t31-,32+,33-,34-,35+/m1/s1. The highest BCUT2D eigenvalue weighted by Gasteiger charge is 2.54. The second-order valence-corrected chi connectivity index (χ2v) is 21.8. The van der Waals surface area contributed by atoms with Crippen LogP contribution in [0.5, 0.6) is 0 Å². The molecule has 50 heavy (non-hydrogen) atoms. The Bertz CT molecular complexity index is 1280. The summed E-state index contributed by atoms with van der Waals surface area (Å²) in [7, 11) is -3.02. The van der Waals surface area contributed by atoms with Gasteiger partial charge in [-0.1, -0.05) is 120 Å². The van der Waals surface area contributed by atoms with Gasteiger partial charge in [0.2, 0.25) is 0 Å². The average molecular weight is 731 g/mol. The maximum Gasteiger partial charge on any atom is 0.509 e. The largest absolute Gasteiger partial charge is 0.509 e. The van der Waals surface area contributed by atoms with Crippen LogP contribution in [0.3, 0.4) is 0 Å². The van der Waals surface area contributed by atoms with E-state index in [9.17, 15) is 14.7 Å². The van der Waals surface area contributed by atoms with Gasteiger partial charge in [-0.3, -0.25) is 4.79 Å². The van der Waals surface area contributed by atoms with E-state index >= 15 is 0 Å². The van der Waals surface area contributed by atoms with Crippen molar-refractivity contribution >= 4 is 42.6 Å². The Labute approximate surface area is 306 Å². The molecule has 0 unspecified atom stereocenters. The maximum atomic E-state index is 13.4. The zero-order valence-electron chi connectivity index (χ0n) is 32.0. The van der Waals surface area contributed by atoms with Gasteiger partial charge in [0.1, 0.15) is 23.2 Å². The van der Waals surface area contributed by atoms with Crippen molar-refractivity contribution in [1.82, 2.24) is 0 Å². The molecule has 2 aromatic rings. The van der Waals surface area contributed by atoms with Crippen molar-refractivity contribution in [3.05, 3.63) is 60.7 Å². The number of carbonyl (C=O) groups is 2. The fraction of sp³-hybridized carbons (Fsp3) is 0.650. The van der Waals surface area contributed by atoms with E-state index in [0.29, 0.717) is 0 Å². The summed E-state index contributed by atoms with van der Waals surface area (Å²) in [4.78, 5) is 26.4. The molecule has 3 rings (SSSR count). The summed E-state index contributed by atoms with van der Waals surface area (Å²) in [5, 5.41) is 13.9. The van der Waals surface area contributed by atoms with Crippen molar-refractivity contribution in [3.63, 3.8) is 0 Å². The molecule has 1 heterocycles. The quantitative estimate of drug-likeness (QED) is 0.111. The molecule has 0 radical (unpaired) electrons. The zero-order chi connectivity index (χ0) is 37.2. The number of rotatable bonds is 15. The molecule has 0 aromatic heterocycles. The van der Waals surface area contributed by atoms with E-state index < -0.39 is 61.3 Å². The SMILES string of the molecule is CCCCCCCCS[C@@H]1O[C@H](CO[Si](c2ccccc2)(c2ccccc2)C(C)(C)C)[C@@H](OC(=O)C(C)(C)C)[C@H](O)[C@H]1OC(=O)OC(C)(C)C. The minimum absolute atomic E-state index is 0.0413. The lowest BCUT2D eigenvalue weighted by molar-refractivity contribution is -0.227. The van der Waals surface area contributed by atoms with E-state index in [1.54, 1.807) is 41.5 Å². The summed E-state index contributed by atoms with van der Waals surface area (Å²) in [5.41, 5.74) is -2.40. The minimum Gasteiger partial charge on any atom is -0.456 e. The fourth-order valence-electron chi connectivity index (χ4n) is 6.17. The van der Waals surface area contributed by atoms with Gasteiger partial charge in [0.05, 0.1) is 12.0 Å². The van der Waals surface area contributed by atoms with E-state index in [1.165, 1.54) is 31.0 Å². The smallest absolute Gasteiger partial charge is 0.456 e. The van der Waals surface area contributed by atoms with Crippen molar-refractivity contribution in [3.8, 4) is 0 Å². The van der Waals surface area contributed by atoms with E-state index in [0.717, 1.165) is 35.4 Å². The van der Waals surface area contributed by atoms with Crippen LogP contribution in [0.2, 0.25) is 5.04 Å². The average Bonchev–Trinajstić information content (AvgIpc) is 3.03. The van der Waals surface area contributed by atoms with Crippen LogP contribution in [0.15, 0.2) is 60.7 Å². The molecular formula is C40H62O8SSi. The van der Waals surface area contributed by atoms with Crippen molar-refractivity contribution in [1.29, 1.82) is 0 Å². The Morgan fingerprint density at radius 2 is 1.32 bits per heavy atom. The second-order valence-electron chi connectivity index (χ2n) is 16.3. The Kier molecular flexibility index (Phi) is 15.5. The summed E-state index contributed by atoms with van der Waals surface area (Å²) in [6.07, 6.45) is 1.32. The molecular weight excluding hydrogens is 669 g/mol. The fourth-order valence-corrected chi connectivity index (χ4v) is 12.0. The predicted molar refractivity (Wildman–Crippen MR) is 205 cm³/mol. The first-order chi connectivity index (χ1) is 23.4. The van der Waals surface area contributed by atoms with Gasteiger partial charge in [-0.15, -0.1) is 11.8 Å². The molecule has 0 saturated carbocycles. The number of thioether (sulfide) groups is 1. The maximum absolute atomic E-state index is 13.4. The molecule has 2 aromatic carbocycles. The van der Waals surface area contributed by atoms with Gasteiger partial charge >= 0.3 is 12.1 Å². The normalized spacial score (nSPS) is 21.8. The summed E-state index contributed by atoms with van der Waals surface area (Å²) >= 11 is 1.50. The third-order valence-electron chi connectivity index (χ3n) is 8.76. The van der Waals surface area contributed by atoms with Gasteiger partial charge < -0.3 is 28.5 Å². The lowest BCUT2D eigenvalue weighted by atomic mass is 9.95. The van der Waals surface area contributed by atoms with Crippen LogP contribution < -0.4 is 10.4 Å². The van der Waals surface area contributed by atoms with Crippen LogP contribution in [0, 0.1) is 5.41 Å². The predicted octanol–water partition coefficient (Wildman–Crippen LogP) is 8.02. The van der Waals surface area contributed by atoms with Crippen LogP contribution in [0.1, 0.15) is 108 Å². The number of benzene rings is 2. The highest BCUT2D eigenvalue weighted by atomic mass is 32.2. The molecule has 280 valence electrons. The van der Waals surface area contributed by atoms with Crippen molar-refractivity contribution in [2.24, 2.45) is 5.41 Å². The number of hydrogen-bond acceptors (Lipinski definition) is 9. The summed E-state index contributed by atoms with van der Waals surface area (Å²) in [6.45, 7) is 19.3.